The Hall–Kier alpha value is -2.65. The molecule has 0 saturated heterocycles. The summed E-state index contributed by atoms with van der Waals surface area (Å²) in [5, 5.41) is 12.1. The zero-order valence-electron chi connectivity index (χ0n) is 15.9. The molecule has 1 atom stereocenters. The normalized spacial score (nSPS) is 11.6. The molecule has 27 heavy (non-hydrogen) atoms. The molecule has 2 aromatic carbocycles. The number of nitrogens with zero attached hydrogens (tertiary/aromatic N) is 1. The largest absolute Gasteiger partial charge is 0.491 e. The van der Waals surface area contributed by atoms with Crippen molar-refractivity contribution in [2.24, 2.45) is 0 Å². The topological polar surface area (TPSA) is 71.3 Å². The highest BCUT2D eigenvalue weighted by atomic mass is 32.1. The van der Waals surface area contributed by atoms with Crippen molar-refractivity contribution in [1.29, 1.82) is 5.26 Å². The molecule has 0 amide bonds. The molecule has 0 aromatic heterocycles. The van der Waals surface area contributed by atoms with Gasteiger partial charge in [0.2, 0.25) is 0 Å². The fourth-order valence-electron chi connectivity index (χ4n) is 2.61. The maximum absolute atomic E-state index is 12.6. The van der Waals surface area contributed by atoms with Crippen molar-refractivity contribution in [3.05, 3.63) is 53.1 Å². The minimum atomic E-state index is -0.725. The van der Waals surface area contributed by atoms with E-state index in [0.717, 1.165) is 11.3 Å². The first-order valence-electron chi connectivity index (χ1n) is 8.79. The summed E-state index contributed by atoms with van der Waals surface area (Å²) in [5.74, 6) is 0.341. The summed E-state index contributed by atoms with van der Waals surface area (Å²) in [4.78, 5) is 13.3. The van der Waals surface area contributed by atoms with Crippen LogP contribution in [0, 0.1) is 18.3 Å². The Bertz CT molecular complexity index is 842. The van der Waals surface area contributed by atoms with Crippen molar-refractivity contribution >= 4 is 24.3 Å². The van der Waals surface area contributed by atoms with Crippen LogP contribution in [0.2, 0.25) is 0 Å². The van der Waals surface area contributed by atoms with E-state index in [1.165, 1.54) is 0 Å². The Kier molecular flexibility index (Phi) is 7.14. The van der Waals surface area contributed by atoms with Crippen molar-refractivity contribution < 1.29 is 14.3 Å². The van der Waals surface area contributed by atoms with E-state index in [9.17, 15) is 4.79 Å². The SMILES string of the molecule is CCOC(=O)C(Nc1ccc(C#N)cc1)c1ccc(OC(C)C)c(C)c1S. The van der Waals surface area contributed by atoms with Crippen LogP contribution < -0.4 is 10.1 Å². The number of carbonyl (C=O) groups excluding carboxylic acids is 1. The molecule has 2 aromatic rings. The molecular formula is C21H24N2O3S. The molecule has 0 spiro atoms. The first kappa shape index (κ1) is 20.7. The molecule has 142 valence electrons. The maximum Gasteiger partial charge on any atom is 0.333 e. The molecule has 0 aliphatic carbocycles. The van der Waals surface area contributed by atoms with Gasteiger partial charge < -0.3 is 14.8 Å². The molecule has 1 unspecified atom stereocenters. The number of rotatable bonds is 7. The first-order chi connectivity index (χ1) is 12.9. The number of esters is 1. The Labute approximate surface area is 165 Å². The quantitative estimate of drug-likeness (QED) is 0.537. The molecule has 2 rings (SSSR count). The second-order valence-electron chi connectivity index (χ2n) is 6.31. The highest BCUT2D eigenvalue weighted by Crippen LogP contribution is 2.34. The smallest absolute Gasteiger partial charge is 0.333 e. The summed E-state index contributed by atoms with van der Waals surface area (Å²) in [5.41, 5.74) is 2.82. The van der Waals surface area contributed by atoms with Gasteiger partial charge in [0.15, 0.2) is 6.04 Å². The molecule has 0 saturated carbocycles. The van der Waals surface area contributed by atoms with Gasteiger partial charge >= 0.3 is 5.97 Å². The molecule has 0 aliphatic rings. The second kappa shape index (κ2) is 9.33. The molecule has 0 aliphatic heterocycles. The van der Waals surface area contributed by atoms with E-state index in [0.29, 0.717) is 21.7 Å². The van der Waals surface area contributed by atoms with E-state index < -0.39 is 12.0 Å². The van der Waals surface area contributed by atoms with Gasteiger partial charge in [-0.05, 0) is 63.6 Å². The minimum absolute atomic E-state index is 0.0416. The number of ether oxygens (including phenoxy) is 2. The van der Waals surface area contributed by atoms with Crippen molar-refractivity contribution in [2.75, 3.05) is 11.9 Å². The Balaban J connectivity index is 2.40. The first-order valence-corrected chi connectivity index (χ1v) is 9.24. The van der Waals surface area contributed by atoms with Gasteiger partial charge in [-0.15, -0.1) is 12.6 Å². The number of carbonyl (C=O) groups is 1. The lowest BCUT2D eigenvalue weighted by Gasteiger charge is -2.22. The second-order valence-corrected chi connectivity index (χ2v) is 6.76. The van der Waals surface area contributed by atoms with E-state index >= 15 is 0 Å². The van der Waals surface area contributed by atoms with E-state index in [1.807, 2.05) is 32.9 Å². The predicted octanol–water partition coefficient (Wildman–Crippen LogP) is 4.66. The predicted molar refractivity (Wildman–Crippen MR) is 108 cm³/mol. The number of thiol groups is 1. The Morgan fingerprint density at radius 2 is 1.89 bits per heavy atom. The lowest BCUT2D eigenvalue weighted by Crippen LogP contribution is -2.24. The molecule has 0 heterocycles. The van der Waals surface area contributed by atoms with Gasteiger partial charge in [-0.25, -0.2) is 4.79 Å². The van der Waals surface area contributed by atoms with E-state index in [-0.39, 0.29) is 12.7 Å². The average Bonchev–Trinajstić information content (AvgIpc) is 2.64. The zero-order valence-corrected chi connectivity index (χ0v) is 16.8. The molecule has 6 heteroatoms. The monoisotopic (exact) mass is 384 g/mol. The van der Waals surface area contributed by atoms with Gasteiger partial charge in [-0.1, -0.05) is 6.07 Å². The van der Waals surface area contributed by atoms with Gasteiger partial charge in [0, 0.05) is 16.1 Å². The van der Waals surface area contributed by atoms with Crippen LogP contribution in [0.3, 0.4) is 0 Å². The lowest BCUT2D eigenvalue weighted by atomic mass is 10.0. The van der Waals surface area contributed by atoms with Crippen LogP contribution in [0.4, 0.5) is 5.69 Å². The highest BCUT2D eigenvalue weighted by molar-refractivity contribution is 7.80. The van der Waals surface area contributed by atoms with Crippen LogP contribution in [-0.2, 0) is 9.53 Å². The summed E-state index contributed by atoms with van der Waals surface area (Å²) < 4.78 is 11.0. The summed E-state index contributed by atoms with van der Waals surface area (Å²) >= 11 is 4.63. The summed E-state index contributed by atoms with van der Waals surface area (Å²) in [6.07, 6.45) is 0.0416. The van der Waals surface area contributed by atoms with Crippen LogP contribution in [0.5, 0.6) is 5.75 Å². The third kappa shape index (κ3) is 5.18. The maximum atomic E-state index is 12.6. The summed E-state index contributed by atoms with van der Waals surface area (Å²) in [6.45, 7) is 7.87. The molecule has 0 radical (unpaired) electrons. The number of nitrogens with one attached hydrogen (secondary N) is 1. The molecule has 0 fully saturated rings. The highest BCUT2D eigenvalue weighted by Gasteiger charge is 2.25. The number of nitriles is 1. The Morgan fingerprint density at radius 3 is 2.44 bits per heavy atom. The summed E-state index contributed by atoms with van der Waals surface area (Å²) in [6, 6.07) is 11.9. The van der Waals surface area contributed by atoms with E-state index in [2.05, 4.69) is 24.0 Å². The van der Waals surface area contributed by atoms with Crippen LogP contribution in [0.15, 0.2) is 41.3 Å². The Morgan fingerprint density at radius 1 is 1.22 bits per heavy atom. The average molecular weight is 385 g/mol. The molecular weight excluding hydrogens is 360 g/mol. The van der Waals surface area contributed by atoms with Crippen molar-refractivity contribution in [3.8, 4) is 11.8 Å². The van der Waals surface area contributed by atoms with Crippen molar-refractivity contribution in [3.63, 3.8) is 0 Å². The van der Waals surface area contributed by atoms with Gasteiger partial charge in [0.05, 0.1) is 24.3 Å². The van der Waals surface area contributed by atoms with Gasteiger partial charge in [-0.3, -0.25) is 0 Å². The molecule has 0 bridgehead atoms. The van der Waals surface area contributed by atoms with Crippen molar-refractivity contribution in [1.82, 2.24) is 0 Å². The molecule has 5 nitrogen and oxygen atoms in total. The van der Waals surface area contributed by atoms with E-state index in [4.69, 9.17) is 14.7 Å². The van der Waals surface area contributed by atoms with Gasteiger partial charge in [0.25, 0.3) is 0 Å². The third-order valence-electron chi connectivity index (χ3n) is 3.93. The molecule has 1 N–H and O–H groups in total. The van der Waals surface area contributed by atoms with Gasteiger partial charge in [0.1, 0.15) is 5.75 Å². The number of benzene rings is 2. The minimum Gasteiger partial charge on any atom is -0.491 e. The number of hydrogen-bond donors (Lipinski definition) is 2. The van der Waals surface area contributed by atoms with Crippen LogP contribution in [-0.4, -0.2) is 18.7 Å². The fourth-order valence-corrected chi connectivity index (χ4v) is 2.93. The van der Waals surface area contributed by atoms with Crippen LogP contribution in [0.25, 0.3) is 0 Å². The van der Waals surface area contributed by atoms with Crippen LogP contribution >= 0.6 is 12.6 Å². The van der Waals surface area contributed by atoms with Crippen LogP contribution in [0.1, 0.15) is 43.5 Å². The van der Waals surface area contributed by atoms with Gasteiger partial charge in [-0.2, -0.15) is 5.26 Å². The standard InChI is InChI=1S/C21H24N2O3S/c1-5-25-21(24)19(23-16-8-6-15(12-22)7-9-16)17-10-11-18(26-13(2)3)14(4)20(17)27/h6-11,13,19,23,27H,5H2,1-4H3. The number of anilines is 1. The lowest BCUT2D eigenvalue weighted by molar-refractivity contribution is -0.144. The zero-order chi connectivity index (χ0) is 20.0. The third-order valence-corrected chi connectivity index (χ3v) is 4.53. The van der Waals surface area contributed by atoms with Crippen molar-refractivity contribution in [2.45, 2.75) is 44.7 Å². The fraction of sp³-hybridized carbons (Fsp3) is 0.333. The van der Waals surface area contributed by atoms with E-state index in [1.54, 1.807) is 31.2 Å². The number of hydrogen-bond acceptors (Lipinski definition) is 6. The summed E-state index contributed by atoms with van der Waals surface area (Å²) in [7, 11) is 0.